The maximum atomic E-state index is 16.4. The standard InChI is InChI=1S/C82H112N4OS6/c1-5-9-13-17-21-25-26-30-32-38-46-62(45-37-31-27-22-18-14-10-6-2)59-85-61-66-77(79(85)81-84-58-76(93-81)74-56-72-70(91-74)54-68(89-72)65-51-43-36-44-52-65)82(87)86(60-63(47-39-33-28-23-19-15-11-7-3)48-40-34-29-24-20-16-12-8-4)78(66)80-83-57-75(92-80)73-55-71-69(90-73)53-67(88-71)64-49-41-35-42-50-64/h35-36,41-44,49-58,62-63H,5-34,37-40,45-48,59-61H2,1-4H3. The normalized spacial score (nSPS) is 13.9. The molecule has 5 nitrogen and oxygen atoms in total. The first-order chi connectivity index (χ1) is 45.9. The van der Waals surface area contributed by atoms with Crippen molar-refractivity contribution in [3.63, 3.8) is 0 Å². The summed E-state index contributed by atoms with van der Waals surface area (Å²) < 4.78 is 5.32. The van der Waals surface area contributed by atoms with Crippen LogP contribution < -0.4 is 0 Å². The number of unbranched alkanes of at least 4 members (excludes halogenated alkanes) is 30. The van der Waals surface area contributed by atoms with Crippen LogP contribution in [0.3, 0.4) is 0 Å². The average molecular weight is 1360 g/mol. The number of amides is 1. The minimum Gasteiger partial charge on any atom is -0.364 e. The van der Waals surface area contributed by atoms with Crippen LogP contribution >= 0.6 is 68.0 Å². The van der Waals surface area contributed by atoms with E-state index in [1.54, 1.807) is 0 Å². The van der Waals surface area contributed by atoms with Gasteiger partial charge in [-0.05, 0) is 72.9 Å². The van der Waals surface area contributed by atoms with Crippen LogP contribution in [0.25, 0.3) is 70.6 Å². The first kappa shape index (κ1) is 71.5. The first-order valence-corrected chi connectivity index (χ1v) is 42.5. The van der Waals surface area contributed by atoms with E-state index < -0.39 is 0 Å². The number of carbonyl (C=O) groups is 1. The number of hydrogen-bond acceptors (Lipinski definition) is 10. The molecule has 1 atom stereocenters. The van der Waals surface area contributed by atoms with Gasteiger partial charge in [-0.2, -0.15) is 0 Å². The predicted molar refractivity (Wildman–Crippen MR) is 415 cm³/mol. The van der Waals surface area contributed by atoms with E-state index >= 15 is 4.79 Å². The van der Waals surface area contributed by atoms with Crippen molar-refractivity contribution in [1.29, 1.82) is 0 Å². The predicted octanol–water partition coefficient (Wildman–Crippen LogP) is 28.2. The van der Waals surface area contributed by atoms with E-state index in [2.05, 4.69) is 135 Å². The molecule has 2 aliphatic heterocycles. The van der Waals surface area contributed by atoms with Gasteiger partial charge in [0.25, 0.3) is 5.91 Å². The fourth-order valence-corrected chi connectivity index (χ4v) is 21.5. The van der Waals surface area contributed by atoms with Crippen LogP contribution in [0.4, 0.5) is 0 Å². The van der Waals surface area contributed by atoms with Crippen LogP contribution in [0, 0.1) is 11.8 Å². The second-order valence-corrected chi connectivity index (χ2v) is 33.9. The third-order valence-corrected chi connectivity index (χ3v) is 27.0. The van der Waals surface area contributed by atoms with E-state index in [0.29, 0.717) is 11.8 Å². The highest BCUT2D eigenvalue weighted by molar-refractivity contribution is 7.33. The smallest absolute Gasteiger partial charge is 0.261 e. The zero-order valence-electron chi connectivity index (χ0n) is 57.5. The van der Waals surface area contributed by atoms with Gasteiger partial charge in [-0.3, -0.25) is 4.79 Å². The molecule has 0 spiro atoms. The summed E-state index contributed by atoms with van der Waals surface area (Å²) in [5, 5.41) is 2.00. The van der Waals surface area contributed by atoms with Crippen molar-refractivity contribution in [2.45, 2.75) is 272 Å². The zero-order valence-corrected chi connectivity index (χ0v) is 62.4. The number of thiophene rings is 4. The Hall–Kier alpha value is -4.23. The van der Waals surface area contributed by atoms with Gasteiger partial charge in [-0.15, -0.1) is 68.0 Å². The van der Waals surface area contributed by atoms with Crippen LogP contribution in [0.5, 0.6) is 0 Å². The monoisotopic (exact) mass is 1360 g/mol. The summed E-state index contributed by atoms with van der Waals surface area (Å²) in [4.78, 5) is 39.8. The molecule has 8 aromatic rings. The van der Waals surface area contributed by atoms with Crippen LogP contribution in [0.2, 0.25) is 0 Å². The summed E-state index contributed by atoms with van der Waals surface area (Å²) in [5.74, 6) is 1.17. The molecule has 8 heterocycles. The molecule has 11 heteroatoms. The summed E-state index contributed by atoms with van der Waals surface area (Å²) in [6.45, 7) is 11.7. The summed E-state index contributed by atoms with van der Waals surface area (Å²) >= 11 is 11.2. The molecule has 10 rings (SSSR count). The molecule has 0 fully saturated rings. The van der Waals surface area contributed by atoms with Crippen molar-refractivity contribution in [2.75, 3.05) is 19.6 Å². The quantitative estimate of drug-likeness (QED) is 0.0357. The Morgan fingerprint density at radius 1 is 0.366 bits per heavy atom. The van der Waals surface area contributed by atoms with Gasteiger partial charge in [-0.1, -0.05) is 307 Å². The number of thiazole rings is 2. The lowest BCUT2D eigenvalue weighted by molar-refractivity contribution is -0.123. The van der Waals surface area contributed by atoms with Crippen molar-refractivity contribution >= 4 is 104 Å². The summed E-state index contributed by atoms with van der Waals surface area (Å²) in [7, 11) is 0. The zero-order chi connectivity index (χ0) is 64.2. The Morgan fingerprint density at radius 2 is 0.688 bits per heavy atom. The molecule has 2 aliphatic rings. The average Bonchev–Trinajstić information content (AvgIpc) is 1.57. The van der Waals surface area contributed by atoms with Crippen molar-refractivity contribution in [3.8, 4) is 40.4 Å². The molecule has 0 aliphatic carbocycles. The Morgan fingerprint density at radius 3 is 1.06 bits per heavy atom. The molecule has 502 valence electrons. The van der Waals surface area contributed by atoms with Crippen molar-refractivity contribution in [3.05, 3.63) is 118 Å². The third kappa shape index (κ3) is 20.9. The molecule has 0 bridgehead atoms. The molecule has 0 saturated carbocycles. The van der Waals surface area contributed by atoms with Gasteiger partial charge >= 0.3 is 0 Å². The first-order valence-electron chi connectivity index (χ1n) is 37.6. The molecular weight excluding hydrogens is 1250 g/mol. The second kappa shape index (κ2) is 39.2. The van der Waals surface area contributed by atoms with Crippen molar-refractivity contribution in [2.24, 2.45) is 11.8 Å². The molecule has 0 N–H and O–H groups in total. The summed E-state index contributed by atoms with van der Waals surface area (Å²) in [6, 6.07) is 31.2. The van der Waals surface area contributed by atoms with Gasteiger partial charge in [0.1, 0.15) is 10.0 Å². The van der Waals surface area contributed by atoms with Gasteiger partial charge < -0.3 is 9.80 Å². The summed E-state index contributed by atoms with van der Waals surface area (Å²) in [5.41, 5.74) is 6.84. The Kier molecular flexibility index (Phi) is 30.2. The van der Waals surface area contributed by atoms with Crippen molar-refractivity contribution < 1.29 is 4.79 Å². The number of rotatable bonds is 48. The number of benzene rings is 2. The number of hydrogen-bond donors (Lipinski definition) is 0. The minimum atomic E-state index is 0.187. The van der Waals surface area contributed by atoms with Crippen LogP contribution in [-0.4, -0.2) is 45.3 Å². The van der Waals surface area contributed by atoms with E-state index in [-0.39, 0.29) is 5.91 Å². The van der Waals surface area contributed by atoms with E-state index in [1.807, 2.05) is 68.0 Å². The van der Waals surface area contributed by atoms with Gasteiger partial charge in [0.2, 0.25) is 0 Å². The number of fused-ring (bicyclic) bond motifs is 3. The highest BCUT2D eigenvalue weighted by atomic mass is 32.1. The SMILES string of the molecule is CCCCCCCCCCCCC(CCCCCCCCCC)CN1CC2=C(c3ncc(-c4cc5sc(-c6ccccc6)cc5s4)s3)N(CC(CCCCCCCCCC)CCCCCCCCCC)C(=O)C2=C1c1ncc(-c2cc3sc(-c4ccccc4)cc3s2)s1. The van der Waals surface area contributed by atoms with Gasteiger partial charge in [-0.25, -0.2) is 9.97 Å². The van der Waals surface area contributed by atoms with Crippen LogP contribution in [0.1, 0.15) is 282 Å². The van der Waals surface area contributed by atoms with Gasteiger partial charge in [0.15, 0.2) is 0 Å². The lowest BCUT2D eigenvalue weighted by atomic mass is 9.93. The lowest BCUT2D eigenvalue weighted by Crippen LogP contribution is -2.33. The lowest BCUT2D eigenvalue weighted by Gasteiger charge is -2.30. The van der Waals surface area contributed by atoms with E-state index in [1.165, 1.54) is 309 Å². The molecule has 0 saturated heterocycles. The van der Waals surface area contributed by atoms with E-state index in [0.717, 1.165) is 46.6 Å². The molecule has 1 unspecified atom stereocenters. The second-order valence-electron chi connectivity index (χ2n) is 27.5. The molecule has 93 heavy (non-hydrogen) atoms. The topological polar surface area (TPSA) is 49.3 Å². The molecule has 0 radical (unpaired) electrons. The minimum absolute atomic E-state index is 0.187. The fraction of sp³-hybridized carbons (Fsp3) is 0.573. The number of nitrogens with zero attached hydrogens (tertiary/aromatic N) is 4. The third-order valence-electron chi connectivity index (χ3n) is 19.9. The largest absolute Gasteiger partial charge is 0.364 e. The van der Waals surface area contributed by atoms with Crippen LogP contribution in [0.15, 0.2) is 108 Å². The highest BCUT2D eigenvalue weighted by Crippen LogP contribution is 2.51. The Balaban J connectivity index is 0.988. The Bertz CT molecular complexity index is 3410. The molecular formula is C82H112N4OS6. The molecule has 1 amide bonds. The number of carbonyl (C=O) groups excluding carboxylic acids is 1. The van der Waals surface area contributed by atoms with E-state index in [9.17, 15) is 0 Å². The Labute approximate surface area is 586 Å². The van der Waals surface area contributed by atoms with Gasteiger partial charge in [0, 0.05) is 75.9 Å². The molecule has 2 aromatic carbocycles. The maximum Gasteiger partial charge on any atom is 0.261 e. The maximum absolute atomic E-state index is 16.4. The molecule has 6 aromatic heterocycles. The fourth-order valence-electron chi connectivity index (χ4n) is 14.5. The van der Waals surface area contributed by atoms with Crippen LogP contribution in [-0.2, 0) is 4.79 Å². The highest BCUT2D eigenvalue weighted by Gasteiger charge is 2.46. The van der Waals surface area contributed by atoms with Crippen molar-refractivity contribution in [1.82, 2.24) is 19.8 Å². The number of aromatic nitrogens is 2. The van der Waals surface area contributed by atoms with E-state index in [4.69, 9.17) is 9.97 Å². The van der Waals surface area contributed by atoms with Gasteiger partial charge in [0.05, 0.1) is 26.7 Å². The summed E-state index contributed by atoms with van der Waals surface area (Å²) in [6.07, 6.45) is 54.6.